The molecule has 0 radical (unpaired) electrons. The molecule has 0 bridgehead atoms. The molecular formula is C35H30F6N4O6. The van der Waals surface area contributed by atoms with Crippen LogP contribution in [0.4, 0.5) is 37.1 Å². The molecule has 0 spiro atoms. The van der Waals surface area contributed by atoms with E-state index in [1.807, 2.05) is 0 Å². The monoisotopic (exact) mass is 716 g/mol. The zero-order valence-electron chi connectivity index (χ0n) is 27.2. The van der Waals surface area contributed by atoms with Crippen LogP contribution in [0.1, 0.15) is 51.3 Å². The Morgan fingerprint density at radius 3 is 2.20 bits per heavy atom. The number of rotatable bonds is 8. The van der Waals surface area contributed by atoms with Gasteiger partial charge in [-0.05, 0) is 78.6 Å². The number of hydrogen-bond acceptors (Lipinski definition) is 8. The minimum absolute atomic E-state index is 0.00757. The predicted molar refractivity (Wildman–Crippen MR) is 170 cm³/mol. The molecule has 2 fully saturated rings. The predicted octanol–water partition coefficient (Wildman–Crippen LogP) is 7.13. The third-order valence-corrected chi connectivity index (χ3v) is 8.92. The van der Waals surface area contributed by atoms with Gasteiger partial charge in [0, 0.05) is 30.4 Å². The first kappa shape index (κ1) is 35.4. The average Bonchev–Trinajstić information content (AvgIpc) is 3.34. The molecule has 0 saturated carbocycles. The molecule has 16 heteroatoms. The van der Waals surface area contributed by atoms with E-state index in [0.717, 1.165) is 10.5 Å². The lowest BCUT2D eigenvalue weighted by atomic mass is 9.94. The van der Waals surface area contributed by atoms with E-state index in [-0.39, 0.29) is 42.9 Å². The quantitative estimate of drug-likeness (QED) is 0.183. The van der Waals surface area contributed by atoms with E-state index in [4.69, 9.17) is 14.5 Å². The highest BCUT2D eigenvalue weighted by Crippen LogP contribution is 2.42. The van der Waals surface area contributed by atoms with E-state index in [2.05, 4.69) is 4.98 Å². The van der Waals surface area contributed by atoms with E-state index >= 15 is 0 Å². The van der Waals surface area contributed by atoms with Gasteiger partial charge < -0.3 is 24.6 Å². The van der Waals surface area contributed by atoms with Crippen molar-refractivity contribution >= 4 is 18.0 Å². The average molecular weight is 717 g/mol. The number of aromatic nitrogens is 2. The van der Waals surface area contributed by atoms with Crippen molar-refractivity contribution in [1.29, 1.82) is 0 Å². The number of carbonyl (C=O) groups excluding carboxylic acids is 1. The van der Waals surface area contributed by atoms with E-state index in [9.17, 15) is 46.1 Å². The highest BCUT2D eigenvalue weighted by atomic mass is 19.4. The van der Waals surface area contributed by atoms with Crippen molar-refractivity contribution in [3.8, 4) is 28.0 Å². The summed E-state index contributed by atoms with van der Waals surface area (Å²) >= 11 is 0. The number of aliphatic hydroxyl groups is 1. The van der Waals surface area contributed by atoms with E-state index in [1.165, 1.54) is 32.4 Å². The Morgan fingerprint density at radius 2 is 1.63 bits per heavy atom. The number of aryl methyl sites for hydroxylation is 1. The van der Waals surface area contributed by atoms with E-state index < -0.39 is 59.4 Å². The minimum atomic E-state index is -5.09. The topological polar surface area (TPSA) is 125 Å². The van der Waals surface area contributed by atoms with Crippen LogP contribution in [-0.2, 0) is 23.6 Å². The number of aliphatic hydroxyl groups excluding tert-OH is 1. The molecule has 3 aromatic carbocycles. The zero-order chi connectivity index (χ0) is 37.0. The second-order valence-corrected chi connectivity index (χ2v) is 12.4. The largest absolute Gasteiger partial charge is 0.496 e. The van der Waals surface area contributed by atoms with Gasteiger partial charge in [0.2, 0.25) is 5.95 Å². The number of methoxy groups -OCH3 is 1. The van der Waals surface area contributed by atoms with Gasteiger partial charge in [-0.25, -0.2) is 19.6 Å². The SMILES string of the molecule is COc1ccc(-c2ccc(C(=O)O)cc2C)cc1-c1cnc(N2CC(O)C2)nc1CN1C(=O)O[C@H](c2cc(C(F)(F)F)cc(C(F)(F)F)c2)[C@@H]1C. The summed E-state index contributed by atoms with van der Waals surface area (Å²) in [6.07, 6.45) is -11.8. The van der Waals surface area contributed by atoms with Crippen LogP contribution in [0.3, 0.4) is 0 Å². The van der Waals surface area contributed by atoms with Gasteiger partial charge in [-0.2, -0.15) is 26.3 Å². The van der Waals surface area contributed by atoms with Crippen LogP contribution < -0.4 is 9.64 Å². The Labute approximate surface area is 286 Å². The smallest absolute Gasteiger partial charge is 0.416 e. The maximum absolute atomic E-state index is 13.6. The van der Waals surface area contributed by atoms with Gasteiger partial charge in [-0.3, -0.25) is 4.90 Å². The second kappa shape index (κ2) is 13.1. The van der Waals surface area contributed by atoms with Crippen molar-refractivity contribution in [1.82, 2.24) is 14.9 Å². The molecule has 2 aliphatic heterocycles. The number of halogens is 6. The molecule has 268 valence electrons. The number of anilines is 1. The van der Waals surface area contributed by atoms with Gasteiger partial charge >= 0.3 is 24.4 Å². The first-order valence-corrected chi connectivity index (χ1v) is 15.5. The van der Waals surface area contributed by atoms with Gasteiger partial charge in [-0.1, -0.05) is 12.1 Å². The molecule has 3 heterocycles. The number of carbonyl (C=O) groups is 2. The maximum Gasteiger partial charge on any atom is 0.416 e. The number of carboxylic acids is 1. The van der Waals surface area contributed by atoms with Crippen LogP contribution in [0.15, 0.2) is 60.8 Å². The summed E-state index contributed by atoms with van der Waals surface area (Å²) in [5.74, 6) is -0.477. The summed E-state index contributed by atoms with van der Waals surface area (Å²) in [5.41, 5.74) is -0.240. The number of alkyl halides is 6. The fraction of sp³-hybridized carbons (Fsp3) is 0.314. The molecule has 1 amide bonds. The van der Waals surface area contributed by atoms with Gasteiger partial charge in [0.1, 0.15) is 11.9 Å². The number of benzene rings is 3. The first-order chi connectivity index (χ1) is 23.9. The zero-order valence-corrected chi connectivity index (χ0v) is 27.2. The van der Waals surface area contributed by atoms with Crippen molar-refractivity contribution in [3.63, 3.8) is 0 Å². The van der Waals surface area contributed by atoms with Gasteiger partial charge in [-0.15, -0.1) is 0 Å². The molecule has 2 saturated heterocycles. The first-order valence-electron chi connectivity index (χ1n) is 15.5. The Bertz CT molecular complexity index is 1980. The van der Waals surface area contributed by atoms with Crippen LogP contribution >= 0.6 is 0 Å². The lowest BCUT2D eigenvalue weighted by Gasteiger charge is -2.36. The third-order valence-electron chi connectivity index (χ3n) is 8.92. The highest BCUT2D eigenvalue weighted by molar-refractivity contribution is 5.89. The number of aromatic carboxylic acids is 1. The second-order valence-electron chi connectivity index (χ2n) is 12.4. The Balaban J connectivity index is 1.41. The summed E-state index contributed by atoms with van der Waals surface area (Å²) in [4.78, 5) is 36.8. The van der Waals surface area contributed by atoms with Crippen molar-refractivity contribution in [3.05, 3.63) is 94.3 Å². The van der Waals surface area contributed by atoms with Crippen LogP contribution in [0.25, 0.3) is 22.3 Å². The van der Waals surface area contributed by atoms with Gasteiger partial charge in [0.05, 0.1) is 48.2 Å². The number of hydrogen-bond donors (Lipinski definition) is 2. The van der Waals surface area contributed by atoms with Gasteiger partial charge in [0.25, 0.3) is 0 Å². The van der Waals surface area contributed by atoms with Crippen LogP contribution in [0.2, 0.25) is 0 Å². The lowest BCUT2D eigenvalue weighted by molar-refractivity contribution is -0.143. The number of amides is 1. The number of cyclic esters (lactones) is 1. The summed E-state index contributed by atoms with van der Waals surface area (Å²) in [5, 5.41) is 19.3. The molecule has 1 aromatic heterocycles. The van der Waals surface area contributed by atoms with Crippen LogP contribution in [0, 0.1) is 6.92 Å². The van der Waals surface area contributed by atoms with E-state index in [0.29, 0.717) is 40.1 Å². The van der Waals surface area contributed by atoms with E-state index in [1.54, 1.807) is 36.1 Å². The number of nitrogens with zero attached hydrogens (tertiary/aromatic N) is 4. The molecule has 51 heavy (non-hydrogen) atoms. The fourth-order valence-corrected chi connectivity index (χ4v) is 6.19. The molecule has 10 nitrogen and oxygen atoms in total. The summed E-state index contributed by atoms with van der Waals surface area (Å²) in [7, 11) is 1.44. The molecule has 0 unspecified atom stereocenters. The van der Waals surface area contributed by atoms with Crippen molar-refractivity contribution < 1.29 is 55.6 Å². The molecule has 6 rings (SSSR count). The van der Waals surface area contributed by atoms with Crippen molar-refractivity contribution in [2.24, 2.45) is 0 Å². The fourth-order valence-electron chi connectivity index (χ4n) is 6.19. The number of β-amino-alcohol motifs (C(OH)–C–C–N with tert-alkyl or cyclic N) is 1. The maximum atomic E-state index is 13.6. The number of ether oxygens (including phenoxy) is 2. The highest BCUT2D eigenvalue weighted by Gasteiger charge is 2.44. The summed E-state index contributed by atoms with van der Waals surface area (Å²) in [6.45, 7) is 3.40. The molecule has 2 aliphatic rings. The molecule has 2 N–H and O–H groups in total. The standard InChI is InChI=1S/C35H30F6N4O6/c1-17-8-20(31(47)48)4-6-25(17)19-5-7-29(50-3)26(11-19)27-13-42-32(44-14-24(46)15-44)43-28(27)16-45-18(2)30(51-33(45)49)21-9-22(34(36,37)38)12-23(10-21)35(39,40)41/h4-13,18,24,30,46H,14-16H2,1-3H3,(H,47,48)/t18-,30-/m0/s1. The minimum Gasteiger partial charge on any atom is -0.496 e. The Morgan fingerprint density at radius 1 is 0.961 bits per heavy atom. The van der Waals surface area contributed by atoms with Gasteiger partial charge in [0.15, 0.2) is 0 Å². The summed E-state index contributed by atoms with van der Waals surface area (Å²) < 4.78 is 92.9. The normalized spacial score (nSPS) is 18.1. The Hall–Kier alpha value is -5.38. The van der Waals surface area contributed by atoms with Crippen LogP contribution in [-0.4, -0.2) is 69.5 Å². The third kappa shape index (κ3) is 7.00. The van der Waals surface area contributed by atoms with Crippen LogP contribution in [0.5, 0.6) is 5.75 Å². The Kier molecular flexibility index (Phi) is 9.08. The summed E-state index contributed by atoms with van der Waals surface area (Å²) in [6, 6.07) is 9.95. The number of carboxylic acid groups (broad SMARTS) is 1. The molecule has 2 atom stereocenters. The molecule has 4 aromatic rings. The molecular weight excluding hydrogens is 686 g/mol. The molecule has 0 aliphatic carbocycles. The van der Waals surface area contributed by atoms with Crippen molar-refractivity contribution in [2.45, 2.75) is 51.0 Å². The van der Waals surface area contributed by atoms with Crippen molar-refractivity contribution in [2.75, 3.05) is 25.1 Å². The lowest BCUT2D eigenvalue weighted by Crippen LogP contribution is -2.51.